The summed E-state index contributed by atoms with van der Waals surface area (Å²) in [7, 11) is -0.756. The van der Waals surface area contributed by atoms with E-state index in [0.717, 1.165) is 0 Å². The molecule has 2 aromatic heterocycles. The number of aromatic nitrogens is 3. The van der Waals surface area contributed by atoms with Gasteiger partial charge in [-0.15, -0.1) is 0 Å². The highest BCUT2D eigenvalue weighted by Crippen LogP contribution is 2.25. The molecule has 4 aromatic rings. The third-order valence-corrected chi connectivity index (χ3v) is 6.09. The van der Waals surface area contributed by atoms with Crippen molar-refractivity contribution < 1.29 is 17.2 Å². The minimum atomic E-state index is -4.02. The first-order valence-corrected chi connectivity index (χ1v) is 10.1. The number of halogens is 1. The van der Waals surface area contributed by atoms with Crippen molar-refractivity contribution in [1.29, 1.82) is 0 Å². The summed E-state index contributed by atoms with van der Waals surface area (Å²) in [5, 5.41) is 0. The van der Waals surface area contributed by atoms with E-state index in [1.807, 2.05) is 0 Å². The summed E-state index contributed by atoms with van der Waals surface area (Å²) in [5.41, 5.74) is 1.17. The molecule has 1 unspecified atom stereocenters. The molecular formula is C19H17FN4O4S. The molecule has 1 atom stereocenters. The van der Waals surface area contributed by atoms with Gasteiger partial charge in [0.25, 0.3) is 0 Å². The van der Waals surface area contributed by atoms with Gasteiger partial charge in [-0.2, -0.15) is 4.72 Å². The van der Waals surface area contributed by atoms with Crippen molar-refractivity contribution in [3.05, 3.63) is 82.6 Å². The topological polar surface area (TPSA) is 99.1 Å². The van der Waals surface area contributed by atoms with Crippen molar-refractivity contribution in [2.75, 3.05) is 0 Å². The van der Waals surface area contributed by atoms with Crippen LogP contribution in [0, 0.1) is 5.82 Å². The highest BCUT2D eigenvalue weighted by atomic mass is 32.2. The molecule has 4 rings (SSSR count). The number of nitrogens with zero attached hydrogens (tertiary/aromatic N) is 3. The fourth-order valence-corrected chi connectivity index (χ4v) is 4.28. The molecule has 10 heteroatoms. The molecule has 0 aliphatic carbocycles. The Hall–Kier alpha value is -3.24. The van der Waals surface area contributed by atoms with Crippen molar-refractivity contribution in [2.24, 2.45) is 14.1 Å². The first-order chi connectivity index (χ1) is 13.8. The standard InChI is InChI=1S/C19H17FN4O4S/c1-23-10-9-21-18(23)17(12-3-5-13(20)6-4-12)22-29(26,27)14-7-8-15-16(11-14)28-19(25)24(15)2/h3-11,17,22H,1-2H3. The minimum Gasteiger partial charge on any atom is -0.408 e. The van der Waals surface area contributed by atoms with Crippen LogP contribution in [0.15, 0.2) is 69.0 Å². The molecule has 150 valence electrons. The Morgan fingerprint density at radius 3 is 2.52 bits per heavy atom. The van der Waals surface area contributed by atoms with Crippen molar-refractivity contribution in [1.82, 2.24) is 18.8 Å². The molecule has 0 aliphatic heterocycles. The number of sulfonamides is 1. The summed E-state index contributed by atoms with van der Waals surface area (Å²) in [5.74, 6) is -0.577. The molecule has 0 bridgehead atoms. The van der Waals surface area contributed by atoms with Gasteiger partial charge in [0.2, 0.25) is 10.0 Å². The SMILES string of the molecule is Cn1ccnc1C(NS(=O)(=O)c1ccc2c(c1)oc(=O)n2C)c1ccc(F)cc1. The van der Waals surface area contributed by atoms with Crippen LogP contribution in [-0.4, -0.2) is 22.5 Å². The Balaban J connectivity index is 1.77. The van der Waals surface area contributed by atoms with Crippen molar-refractivity contribution in [3.8, 4) is 0 Å². The normalized spacial score (nSPS) is 13.1. The van der Waals surface area contributed by atoms with Gasteiger partial charge >= 0.3 is 5.76 Å². The van der Waals surface area contributed by atoms with E-state index in [4.69, 9.17) is 4.42 Å². The molecule has 8 nitrogen and oxygen atoms in total. The fraction of sp³-hybridized carbons (Fsp3) is 0.158. The molecule has 1 N–H and O–H groups in total. The lowest BCUT2D eigenvalue weighted by Crippen LogP contribution is -2.31. The van der Waals surface area contributed by atoms with E-state index in [9.17, 15) is 17.6 Å². The van der Waals surface area contributed by atoms with Crippen LogP contribution >= 0.6 is 0 Å². The predicted octanol–water partition coefficient (Wildman–Crippen LogP) is 2.07. The van der Waals surface area contributed by atoms with Crippen LogP contribution in [0.25, 0.3) is 11.1 Å². The van der Waals surface area contributed by atoms with Crippen LogP contribution in [0.1, 0.15) is 17.4 Å². The largest absolute Gasteiger partial charge is 0.419 e. The third-order valence-electron chi connectivity index (χ3n) is 4.67. The third kappa shape index (κ3) is 3.47. The van der Waals surface area contributed by atoms with Gasteiger partial charge in [0.15, 0.2) is 5.58 Å². The van der Waals surface area contributed by atoms with E-state index in [1.165, 1.54) is 54.1 Å². The van der Waals surface area contributed by atoms with Crippen LogP contribution in [0.2, 0.25) is 0 Å². The van der Waals surface area contributed by atoms with Gasteiger partial charge in [-0.25, -0.2) is 22.6 Å². The van der Waals surface area contributed by atoms with Crippen LogP contribution in [0.4, 0.5) is 4.39 Å². The molecule has 0 aliphatic rings. The van der Waals surface area contributed by atoms with Crippen LogP contribution < -0.4 is 10.5 Å². The van der Waals surface area contributed by atoms with Gasteiger partial charge in [0, 0.05) is 32.6 Å². The zero-order valence-corrected chi connectivity index (χ0v) is 16.4. The number of oxazole rings is 1. The lowest BCUT2D eigenvalue weighted by molar-refractivity contribution is 0.527. The Bertz CT molecular complexity index is 1350. The summed E-state index contributed by atoms with van der Waals surface area (Å²) in [4.78, 5) is 15.8. The van der Waals surface area contributed by atoms with Gasteiger partial charge in [-0.3, -0.25) is 4.57 Å². The molecule has 0 fully saturated rings. The number of imidazole rings is 1. The monoisotopic (exact) mass is 416 g/mol. The summed E-state index contributed by atoms with van der Waals surface area (Å²) in [6.07, 6.45) is 3.23. The summed E-state index contributed by atoms with van der Waals surface area (Å²) in [6.45, 7) is 0. The molecule has 0 saturated heterocycles. The molecule has 0 saturated carbocycles. The smallest absolute Gasteiger partial charge is 0.408 e. The van der Waals surface area contributed by atoms with E-state index < -0.39 is 27.6 Å². The molecule has 0 radical (unpaired) electrons. The second-order valence-electron chi connectivity index (χ2n) is 6.56. The molecule has 29 heavy (non-hydrogen) atoms. The Morgan fingerprint density at radius 2 is 1.86 bits per heavy atom. The lowest BCUT2D eigenvalue weighted by atomic mass is 10.1. The summed E-state index contributed by atoms with van der Waals surface area (Å²) >= 11 is 0. The zero-order valence-electron chi connectivity index (χ0n) is 15.5. The van der Waals surface area contributed by atoms with Gasteiger partial charge in [0.1, 0.15) is 17.7 Å². The number of fused-ring (bicyclic) bond motifs is 1. The zero-order chi connectivity index (χ0) is 20.8. The number of benzene rings is 2. The number of hydrogen-bond acceptors (Lipinski definition) is 5. The van der Waals surface area contributed by atoms with Gasteiger partial charge < -0.3 is 8.98 Å². The van der Waals surface area contributed by atoms with E-state index in [2.05, 4.69) is 9.71 Å². The highest BCUT2D eigenvalue weighted by molar-refractivity contribution is 7.89. The van der Waals surface area contributed by atoms with Crippen LogP contribution in [0.5, 0.6) is 0 Å². The summed E-state index contributed by atoms with van der Waals surface area (Å²) < 4.78 is 50.2. The van der Waals surface area contributed by atoms with E-state index in [0.29, 0.717) is 16.9 Å². The van der Waals surface area contributed by atoms with Gasteiger partial charge in [-0.1, -0.05) is 12.1 Å². The van der Waals surface area contributed by atoms with Crippen molar-refractivity contribution >= 4 is 21.1 Å². The Kier molecular flexibility index (Phi) is 4.59. The maximum Gasteiger partial charge on any atom is 0.419 e. The van der Waals surface area contributed by atoms with Gasteiger partial charge in [0.05, 0.1) is 10.4 Å². The van der Waals surface area contributed by atoms with Crippen molar-refractivity contribution in [3.63, 3.8) is 0 Å². The maximum atomic E-state index is 13.4. The highest BCUT2D eigenvalue weighted by Gasteiger charge is 2.26. The van der Waals surface area contributed by atoms with Crippen LogP contribution in [-0.2, 0) is 24.1 Å². The minimum absolute atomic E-state index is 0.0688. The Morgan fingerprint density at radius 1 is 1.14 bits per heavy atom. The quantitative estimate of drug-likeness (QED) is 0.537. The van der Waals surface area contributed by atoms with Gasteiger partial charge in [-0.05, 0) is 29.8 Å². The predicted molar refractivity (Wildman–Crippen MR) is 103 cm³/mol. The fourth-order valence-electron chi connectivity index (χ4n) is 3.08. The maximum absolute atomic E-state index is 13.4. The number of rotatable bonds is 5. The molecule has 0 amide bonds. The first-order valence-electron chi connectivity index (χ1n) is 8.61. The molecule has 2 aromatic carbocycles. The number of aryl methyl sites for hydroxylation is 2. The van der Waals surface area contributed by atoms with E-state index >= 15 is 0 Å². The number of nitrogens with one attached hydrogen (secondary N) is 1. The second-order valence-corrected chi connectivity index (χ2v) is 8.27. The van der Waals surface area contributed by atoms with E-state index in [-0.39, 0.29) is 10.5 Å². The Labute approximate surface area is 165 Å². The lowest BCUT2D eigenvalue weighted by Gasteiger charge is -2.19. The molecule has 0 spiro atoms. The summed E-state index contributed by atoms with van der Waals surface area (Å²) in [6, 6.07) is 8.84. The first kappa shape index (κ1) is 19.1. The average Bonchev–Trinajstić information content (AvgIpc) is 3.23. The second kappa shape index (κ2) is 6.98. The van der Waals surface area contributed by atoms with Crippen molar-refractivity contribution in [2.45, 2.75) is 10.9 Å². The van der Waals surface area contributed by atoms with Crippen LogP contribution in [0.3, 0.4) is 0 Å². The number of hydrogen-bond donors (Lipinski definition) is 1. The molecule has 2 heterocycles. The van der Waals surface area contributed by atoms with E-state index in [1.54, 1.807) is 24.0 Å². The average molecular weight is 416 g/mol. The molecular weight excluding hydrogens is 399 g/mol.